The van der Waals surface area contributed by atoms with E-state index in [1.54, 1.807) is 4.90 Å². The molecular formula is C30H45F2N8O3+. The highest BCUT2D eigenvalue weighted by molar-refractivity contribution is 6.17. The van der Waals surface area contributed by atoms with E-state index in [-0.39, 0.29) is 11.8 Å². The highest BCUT2D eigenvalue weighted by Gasteiger charge is 2.70. The number of amides is 2. The fraction of sp³-hybridized carbons (Fsp3) is 0.733. The minimum absolute atomic E-state index is 0.0437. The summed E-state index contributed by atoms with van der Waals surface area (Å²) in [7, 11) is 1.97. The fourth-order valence-corrected chi connectivity index (χ4v) is 8.06. The number of halogens is 2. The van der Waals surface area contributed by atoms with Crippen LogP contribution in [-0.2, 0) is 14.3 Å². The van der Waals surface area contributed by atoms with E-state index >= 15 is 4.39 Å². The molecule has 6 unspecified atom stereocenters. The third kappa shape index (κ3) is 5.23. The van der Waals surface area contributed by atoms with E-state index in [1.165, 1.54) is 12.4 Å². The van der Waals surface area contributed by atoms with Crippen molar-refractivity contribution in [1.82, 2.24) is 30.0 Å². The second kappa shape index (κ2) is 11.7. The molecule has 43 heavy (non-hydrogen) atoms. The van der Waals surface area contributed by atoms with Crippen LogP contribution in [0, 0.1) is 16.7 Å². The van der Waals surface area contributed by atoms with Gasteiger partial charge in [0.2, 0.25) is 12.1 Å². The molecule has 0 radical (unpaired) electrons. The van der Waals surface area contributed by atoms with Gasteiger partial charge in [-0.2, -0.15) is 0 Å². The molecule has 6 N–H and O–H groups in total. The van der Waals surface area contributed by atoms with Crippen molar-refractivity contribution in [2.24, 2.45) is 28.2 Å². The molecule has 4 heterocycles. The number of nitrogens with one attached hydrogen (secondary N) is 2. The molecule has 6 aliphatic rings. The lowest BCUT2D eigenvalue weighted by atomic mass is 9.62. The van der Waals surface area contributed by atoms with Gasteiger partial charge in [-0.3, -0.25) is 14.5 Å². The van der Waals surface area contributed by atoms with Gasteiger partial charge in [0.05, 0.1) is 24.9 Å². The summed E-state index contributed by atoms with van der Waals surface area (Å²) in [6.45, 7) is 5.79. The number of hydrogen-bond acceptors (Lipinski definition) is 8. The molecule has 6 atom stereocenters. The number of allylic oxidation sites excluding steroid dienone is 2. The van der Waals surface area contributed by atoms with Crippen molar-refractivity contribution in [3.05, 3.63) is 23.7 Å². The molecule has 2 aliphatic carbocycles. The lowest BCUT2D eigenvalue weighted by molar-refractivity contribution is -0.150. The van der Waals surface area contributed by atoms with E-state index in [1.807, 2.05) is 24.9 Å². The third-order valence-electron chi connectivity index (χ3n) is 10.5. The van der Waals surface area contributed by atoms with Crippen molar-refractivity contribution < 1.29 is 23.1 Å². The Kier molecular flexibility index (Phi) is 8.25. The Hall–Kier alpha value is -2.67. The largest absolute Gasteiger partial charge is 0.387 e. The smallest absolute Gasteiger partial charge is 0.312 e. The van der Waals surface area contributed by atoms with Crippen LogP contribution >= 0.6 is 0 Å². The Morgan fingerprint density at radius 1 is 1.21 bits per heavy atom. The standard InChI is InChI=1S/C30H44F2N8O3/c1-29-13-19(29)20(31)15-36-26(29)30(27(33)34,18-5-3-4-6-18)28(42)37-22-16-35-14-21(32)24(22)39-7-9-40(10-8-39)25(41)23-17-38(2)11-12-43-23/h13-15,18,20,22-24,27,35H,3-12,16-17,33-34H2,1-2H3/p+1. The number of rotatable bonds is 7. The highest BCUT2D eigenvalue weighted by Crippen LogP contribution is 2.55. The Balaban J connectivity index is 1.22. The first-order valence-corrected chi connectivity index (χ1v) is 15.6. The molecule has 1 saturated carbocycles. The first-order valence-electron chi connectivity index (χ1n) is 15.6. The maximum absolute atomic E-state index is 15.6. The number of hydrogen-bond donors (Lipinski definition) is 4. The fourth-order valence-electron chi connectivity index (χ4n) is 8.06. The third-order valence-corrected chi connectivity index (χ3v) is 10.5. The monoisotopic (exact) mass is 603 g/mol. The zero-order chi connectivity index (χ0) is 30.5. The Morgan fingerprint density at radius 2 is 1.93 bits per heavy atom. The molecule has 0 aromatic carbocycles. The highest BCUT2D eigenvalue weighted by atomic mass is 19.1. The number of ether oxygens (including phenoxy) is 1. The minimum atomic E-state index is -1.37. The van der Waals surface area contributed by atoms with Gasteiger partial charge >= 0.3 is 11.9 Å². The van der Waals surface area contributed by atoms with E-state index in [0.717, 1.165) is 32.2 Å². The normalized spacial score (nSPS) is 35.0. The van der Waals surface area contributed by atoms with E-state index in [2.05, 4.69) is 20.2 Å². The van der Waals surface area contributed by atoms with Crippen molar-refractivity contribution in [2.45, 2.75) is 63.1 Å². The van der Waals surface area contributed by atoms with Crippen LogP contribution in [0.5, 0.6) is 0 Å². The predicted molar refractivity (Wildman–Crippen MR) is 159 cm³/mol. The van der Waals surface area contributed by atoms with Crippen LogP contribution in [0.25, 0.3) is 0 Å². The Labute approximate surface area is 251 Å². The Morgan fingerprint density at radius 3 is 2.60 bits per heavy atom. The number of nitrogens with two attached hydrogens (primary N) is 2. The number of morpholine rings is 1. The van der Waals surface area contributed by atoms with E-state index in [9.17, 15) is 14.0 Å². The van der Waals surface area contributed by atoms with Gasteiger partial charge in [-0.1, -0.05) is 18.9 Å². The topological polar surface area (TPSA) is 143 Å². The molecule has 6 rings (SSSR count). The molecule has 13 heteroatoms. The molecule has 0 aromatic rings. The van der Waals surface area contributed by atoms with Crippen molar-refractivity contribution in [3.8, 4) is 0 Å². The van der Waals surface area contributed by atoms with Gasteiger partial charge in [0.1, 0.15) is 17.3 Å². The van der Waals surface area contributed by atoms with Gasteiger partial charge in [-0.15, -0.1) is 4.67 Å². The molecule has 0 bridgehead atoms. The zero-order valence-corrected chi connectivity index (χ0v) is 25.1. The summed E-state index contributed by atoms with van der Waals surface area (Å²) in [6, 6.07) is -1.36. The maximum atomic E-state index is 15.6. The first kappa shape index (κ1) is 30.4. The molecule has 236 valence electrons. The average Bonchev–Trinajstić information content (AvgIpc) is 3.41. The summed E-state index contributed by atoms with van der Waals surface area (Å²) < 4.78 is 40.4. The number of piperazine rings is 1. The molecule has 4 aliphatic heterocycles. The summed E-state index contributed by atoms with van der Waals surface area (Å²) >= 11 is 0. The minimum Gasteiger partial charge on any atom is -0.387 e. The summed E-state index contributed by atoms with van der Waals surface area (Å²) in [5.74, 6) is -0.996. The van der Waals surface area contributed by atoms with E-state index in [4.69, 9.17) is 16.2 Å². The SMILES string of the molecule is CN1CCOC(C(=O)N2CCN(C3C(F)=CNCC3NC(=O)C(C3=[N+]=CC(F)C4=CC43C)(C(N)N)C3CCCC3)CC2)C1. The lowest BCUT2D eigenvalue weighted by Crippen LogP contribution is -2.70. The Bertz CT molecular complexity index is 1250. The number of nitrogens with zero attached hydrogens (tertiary/aromatic N) is 4. The van der Waals surface area contributed by atoms with Crippen LogP contribution < -0.4 is 26.8 Å². The zero-order valence-electron chi connectivity index (χ0n) is 25.1. The van der Waals surface area contributed by atoms with E-state index in [0.29, 0.717) is 57.2 Å². The van der Waals surface area contributed by atoms with Crippen molar-refractivity contribution in [2.75, 3.05) is 59.5 Å². The molecular weight excluding hydrogens is 558 g/mol. The predicted octanol–water partition coefficient (Wildman–Crippen LogP) is -0.974. The number of carbonyl (C=O) groups excluding carboxylic acids is 2. The maximum Gasteiger partial charge on any atom is 0.312 e. The number of alkyl halides is 1. The summed E-state index contributed by atoms with van der Waals surface area (Å²) in [6.07, 6.45) is 4.88. The molecule has 11 nitrogen and oxygen atoms in total. The van der Waals surface area contributed by atoms with Gasteiger partial charge < -0.3 is 36.6 Å². The number of fused-ring (bicyclic) bond motifs is 1. The van der Waals surface area contributed by atoms with Crippen LogP contribution in [0.1, 0.15) is 32.6 Å². The van der Waals surface area contributed by atoms with Gasteiger partial charge in [0.15, 0.2) is 5.41 Å². The number of carbonyl (C=O) groups is 2. The second-order valence-electron chi connectivity index (χ2n) is 13.2. The number of likely N-dealkylation sites (N-methyl/N-ethyl adjacent to an activating group) is 1. The summed E-state index contributed by atoms with van der Waals surface area (Å²) in [5, 5.41) is 6.12. The van der Waals surface area contributed by atoms with Crippen LogP contribution in [0.2, 0.25) is 0 Å². The van der Waals surface area contributed by atoms with Crippen LogP contribution in [-0.4, -0.2) is 128 Å². The summed E-state index contributed by atoms with van der Waals surface area (Å²) in [5.41, 5.74) is 12.0. The first-order chi connectivity index (χ1) is 20.6. The molecule has 3 fully saturated rings. The van der Waals surface area contributed by atoms with Crippen molar-refractivity contribution >= 4 is 23.7 Å². The van der Waals surface area contributed by atoms with Gasteiger partial charge in [0, 0.05) is 52.0 Å². The molecule has 2 saturated heterocycles. The van der Waals surface area contributed by atoms with Crippen molar-refractivity contribution in [3.63, 3.8) is 0 Å². The van der Waals surface area contributed by atoms with E-state index < -0.39 is 53.1 Å². The second-order valence-corrected chi connectivity index (χ2v) is 13.2. The summed E-state index contributed by atoms with van der Waals surface area (Å²) in [4.78, 5) is 33.6. The van der Waals surface area contributed by atoms with Gasteiger partial charge in [0.25, 0.3) is 5.91 Å². The quantitative estimate of drug-likeness (QED) is 0.165. The average molecular weight is 604 g/mol. The van der Waals surface area contributed by atoms with Crippen LogP contribution in [0.4, 0.5) is 8.78 Å². The molecule has 0 spiro atoms. The molecule has 2 amide bonds. The lowest BCUT2D eigenvalue weighted by Gasteiger charge is -2.45. The van der Waals surface area contributed by atoms with Crippen molar-refractivity contribution in [1.29, 1.82) is 0 Å². The van der Waals surface area contributed by atoms with Gasteiger partial charge in [-0.25, -0.2) is 8.78 Å². The van der Waals surface area contributed by atoms with Gasteiger partial charge in [-0.05, 0) is 38.3 Å². The molecule has 0 aromatic heterocycles. The van der Waals surface area contributed by atoms with Crippen LogP contribution in [0.3, 0.4) is 0 Å². The van der Waals surface area contributed by atoms with Crippen LogP contribution in [0.15, 0.2) is 23.7 Å².